The zero-order chi connectivity index (χ0) is 17.4. The molecule has 0 heterocycles. The maximum atomic E-state index is 5.87. The third-order valence-corrected chi connectivity index (χ3v) is 3.62. The summed E-state index contributed by atoms with van der Waals surface area (Å²) in [4.78, 5) is 0. The van der Waals surface area contributed by atoms with E-state index in [1.807, 2.05) is 50.2 Å². The fourth-order valence-electron chi connectivity index (χ4n) is 2.32. The molecule has 0 saturated heterocycles. The van der Waals surface area contributed by atoms with Gasteiger partial charge in [-0.2, -0.15) is 0 Å². The number of hydrogen-bond donors (Lipinski definition) is 1. The fraction of sp³-hybridized carbons (Fsp3) is 0.429. The molecule has 0 unspecified atom stereocenters. The van der Waals surface area contributed by atoms with Crippen LogP contribution in [-0.4, -0.2) is 12.7 Å². The van der Waals surface area contributed by atoms with Gasteiger partial charge in [0.15, 0.2) is 0 Å². The van der Waals surface area contributed by atoms with Gasteiger partial charge >= 0.3 is 0 Å². The van der Waals surface area contributed by atoms with Crippen molar-refractivity contribution in [1.82, 2.24) is 0 Å². The van der Waals surface area contributed by atoms with Gasteiger partial charge < -0.3 is 14.8 Å². The normalized spacial score (nSPS) is 10.9. The largest absolute Gasteiger partial charge is 0.494 e. The second-order valence-electron chi connectivity index (χ2n) is 6.69. The van der Waals surface area contributed by atoms with E-state index in [1.54, 1.807) is 0 Å². The van der Waals surface area contributed by atoms with E-state index < -0.39 is 0 Å². The van der Waals surface area contributed by atoms with Crippen molar-refractivity contribution in [2.24, 2.45) is 5.92 Å². The number of nitrogens with one attached hydrogen (secondary N) is 1. The predicted octanol–water partition coefficient (Wildman–Crippen LogP) is 5.51. The molecule has 0 aromatic heterocycles. The number of anilines is 1. The van der Waals surface area contributed by atoms with Crippen LogP contribution in [0.3, 0.4) is 0 Å². The molecule has 1 N–H and O–H groups in total. The Kier molecular flexibility index (Phi) is 6.98. The Hall–Kier alpha value is -2.16. The second-order valence-corrected chi connectivity index (χ2v) is 6.69. The van der Waals surface area contributed by atoms with E-state index in [4.69, 9.17) is 9.47 Å². The summed E-state index contributed by atoms with van der Waals surface area (Å²) in [5.41, 5.74) is 2.20. The highest BCUT2D eigenvalue weighted by molar-refractivity contribution is 5.49. The van der Waals surface area contributed by atoms with E-state index in [2.05, 4.69) is 31.3 Å². The van der Waals surface area contributed by atoms with Crippen LogP contribution in [0.15, 0.2) is 48.5 Å². The van der Waals surface area contributed by atoms with Crippen molar-refractivity contribution >= 4 is 5.69 Å². The molecule has 2 rings (SSSR count). The van der Waals surface area contributed by atoms with Crippen LogP contribution in [0.4, 0.5) is 5.69 Å². The van der Waals surface area contributed by atoms with Crippen molar-refractivity contribution in [2.45, 2.75) is 46.8 Å². The highest BCUT2D eigenvalue weighted by Gasteiger charge is 2.05. The number of hydrogen-bond acceptors (Lipinski definition) is 3. The first-order valence-electron chi connectivity index (χ1n) is 8.76. The SMILES string of the molecule is CC(C)CCOc1cccc(NCc2ccccc2OC(C)C)c1. The summed E-state index contributed by atoms with van der Waals surface area (Å²) in [5, 5.41) is 3.45. The smallest absolute Gasteiger partial charge is 0.124 e. The Morgan fingerprint density at radius 2 is 1.75 bits per heavy atom. The van der Waals surface area contributed by atoms with Crippen LogP contribution in [-0.2, 0) is 6.54 Å². The van der Waals surface area contributed by atoms with Gasteiger partial charge in [-0.15, -0.1) is 0 Å². The lowest BCUT2D eigenvalue weighted by Gasteiger charge is -2.15. The average Bonchev–Trinajstić information content (AvgIpc) is 2.53. The molecule has 0 saturated carbocycles. The van der Waals surface area contributed by atoms with Gasteiger partial charge in [0.1, 0.15) is 11.5 Å². The lowest BCUT2D eigenvalue weighted by Crippen LogP contribution is -2.09. The zero-order valence-electron chi connectivity index (χ0n) is 15.2. The quantitative estimate of drug-likeness (QED) is 0.658. The van der Waals surface area contributed by atoms with E-state index in [0.29, 0.717) is 5.92 Å². The molecule has 0 amide bonds. The van der Waals surface area contributed by atoms with Gasteiger partial charge in [0, 0.05) is 23.9 Å². The molecule has 0 aliphatic rings. The Labute approximate surface area is 146 Å². The monoisotopic (exact) mass is 327 g/mol. The molecular weight excluding hydrogens is 298 g/mol. The van der Waals surface area contributed by atoms with E-state index in [1.165, 1.54) is 0 Å². The van der Waals surface area contributed by atoms with Crippen molar-refractivity contribution in [3.63, 3.8) is 0 Å². The summed E-state index contributed by atoms with van der Waals surface area (Å²) in [7, 11) is 0. The Balaban J connectivity index is 1.95. The summed E-state index contributed by atoms with van der Waals surface area (Å²) in [5.74, 6) is 2.50. The van der Waals surface area contributed by atoms with E-state index in [0.717, 1.165) is 42.3 Å². The molecule has 3 nitrogen and oxygen atoms in total. The first kappa shape index (κ1) is 18.2. The zero-order valence-corrected chi connectivity index (χ0v) is 15.2. The van der Waals surface area contributed by atoms with Crippen LogP contribution >= 0.6 is 0 Å². The van der Waals surface area contributed by atoms with Gasteiger partial charge in [-0.05, 0) is 44.4 Å². The molecule has 0 fully saturated rings. The molecule has 0 spiro atoms. The van der Waals surface area contributed by atoms with Crippen LogP contribution in [0.25, 0.3) is 0 Å². The van der Waals surface area contributed by atoms with Gasteiger partial charge in [0.25, 0.3) is 0 Å². The van der Waals surface area contributed by atoms with E-state index in [9.17, 15) is 0 Å². The molecule has 0 bridgehead atoms. The molecule has 0 aliphatic carbocycles. The standard InChI is InChI=1S/C21H29NO2/c1-16(2)12-13-23-20-10-7-9-19(14-20)22-15-18-8-5-6-11-21(18)24-17(3)4/h5-11,14,16-17,22H,12-13,15H2,1-4H3. The predicted molar refractivity (Wildman–Crippen MR) is 101 cm³/mol. The molecule has 130 valence electrons. The van der Waals surface area contributed by atoms with Crippen molar-refractivity contribution in [1.29, 1.82) is 0 Å². The van der Waals surface area contributed by atoms with Gasteiger partial charge in [-0.3, -0.25) is 0 Å². The molecule has 24 heavy (non-hydrogen) atoms. The minimum Gasteiger partial charge on any atom is -0.494 e. The Bertz CT molecular complexity index is 623. The minimum atomic E-state index is 0.170. The molecule has 3 heteroatoms. The van der Waals surface area contributed by atoms with Crippen LogP contribution in [0.2, 0.25) is 0 Å². The summed E-state index contributed by atoms with van der Waals surface area (Å²) in [6.07, 6.45) is 1.24. The lowest BCUT2D eigenvalue weighted by atomic mass is 10.1. The Morgan fingerprint density at radius 3 is 2.50 bits per heavy atom. The third kappa shape index (κ3) is 6.15. The lowest BCUT2D eigenvalue weighted by molar-refractivity contribution is 0.240. The number of benzene rings is 2. The van der Waals surface area contributed by atoms with Gasteiger partial charge in [0.05, 0.1) is 12.7 Å². The van der Waals surface area contributed by atoms with Gasteiger partial charge in [0.2, 0.25) is 0 Å². The second kappa shape index (κ2) is 9.21. The highest BCUT2D eigenvalue weighted by atomic mass is 16.5. The van der Waals surface area contributed by atoms with Crippen LogP contribution in [0, 0.1) is 5.92 Å². The Morgan fingerprint density at radius 1 is 0.958 bits per heavy atom. The molecule has 2 aromatic carbocycles. The summed E-state index contributed by atoms with van der Waals surface area (Å²) < 4.78 is 11.7. The van der Waals surface area contributed by atoms with Crippen molar-refractivity contribution in [3.8, 4) is 11.5 Å². The molecule has 0 radical (unpaired) electrons. The molecule has 2 aromatic rings. The highest BCUT2D eigenvalue weighted by Crippen LogP contribution is 2.22. The van der Waals surface area contributed by atoms with Crippen LogP contribution < -0.4 is 14.8 Å². The van der Waals surface area contributed by atoms with Crippen LogP contribution in [0.5, 0.6) is 11.5 Å². The number of para-hydroxylation sites is 1. The van der Waals surface area contributed by atoms with Crippen molar-refractivity contribution in [3.05, 3.63) is 54.1 Å². The van der Waals surface area contributed by atoms with Gasteiger partial charge in [-0.25, -0.2) is 0 Å². The average molecular weight is 327 g/mol. The molecular formula is C21H29NO2. The number of rotatable bonds is 9. The van der Waals surface area contributed by atoms with E-state index >= 15 is 0 Å². The topological polar surface area (TPSA) is 30.5 Å². The maximum absolute atomic E-state index is 5.87. The summed E-state index contributed by atoms with van der Waals surface area (Å²) in [6, 6.07) is 16.3. The number of ether oxygens (including phenoxy) is 2. The molecule has 0 atom stereocenters. The van der Waals surface area contributed by atoms with E-state index in [-0.39, 0.29) is 6.10 Å². The summed E-state index contributed by atoms with van der Waals surface area (Å²) >= 11 is 0. The third-order valence-electron chi connectivity index (χ3n) is 3.62. The molecule has 0 aliphatic heterocycles. The first-order chi connectivity index (χ1) is 11.5. The van der Waals surface area contributed by atoms with Crippen molar-refractivity contribution in [2.75, 3.05) is 11.9 Å². The maximum Gasteiger partial charge on any atom is 0.124 e. The van der Waals surface area contributed by atoms with Gasteiger partial charge in [-0.1, -0.05) is 38.1 Å². The minimum absolute atomic E-state index is 0.170. The fourth-order valence-corrected chi connectivity index (χ4v) is 2.32. The summed E-state index contributed by atoms with van der Waals surface area (Å²) in [6.45, 7) is 9.98. The van der Waals surface area contributed by atoms with Crippen molar-refractivity contribution < 1.29 is 9.47 Å². The van der Waals surface area contributed by atoms with Crippen LogP contribution in [0.1, 0.15) is 39.7 Å². The first-order valence-corrected chi connectivity index (χ1v) is 8.76.